The van der Waals surface area contributed by atoms with Crippen molar-refractivity contribution in [2.75, 3.05) is 4.90 Å². The van der Waals surface area contributed by atoms with Gasteiger partial charge in [-0.3, -0.25) is 0 Å². The van der Waals surface area contributed by atoms with Crippen LogP contribution in [0, 0.1) is 0 Å². The minimum atomic E-state index is 0.907. The van der Waals surface area contributed by atoms with Crippen molar-refractivity contribution in [3.63, 3.8) is 0 Å². The van der Waals surface area contributed by atoms with Gasteiger partial charge in [-0.2, -0.15) is 0 Å². The maximum Gasteiger partial charge on any atom is 0.143 e. The van der Waals surface area contributed by atoms with Crippen LogP contribution in [0.1, 0.15) is 0 Å². The van der Waals surface area contributed by atoms with Gasteiger partial charge in [0.2, 0.25) is 0 Å². The molecular weight excluding hydrogens is 837 g/mol. The van der Waals surface area contributed by atoms with Gasteiger partial charge < -0.3 is 13.9 Å². The molecule has 0 radical (unpaired) electrons. The molecule has 0 amide bonds. The largest absolute Gasteiger partial charge is 0.455 e. The molecule has 2 heterocycles. The number of hydrogen-bond acceptors (Lipinski definition) is 2. The van der Waals surface area contributed by atoms with Crippen LogP contribution in [-0.2, 0) is 0 Å². The first kappa shape index (κ1) is 39.0. The Morgan fingerprint density at radius 2 is 0.841 bits per heavy atom. The summed E-state index contributed by atoms with van der Waals surface area (Å²) < 4.78 is 9.22. The van der Waals surface area contributed by atoms with Gasteiger partial charge in [0.15, 0.2) is 0 Å². The molecular formula is C66H42N2O. The molecule has 14 aromatic rings. The molecule has 0 aliphatic heterocycles. The quantitative estimate of drug-likeness (QED) is 0.149. The molecule has 0 aliphatic carbocycles. The summed E-state index contributed by atoms with van der Waals surface area (Å²) >= 11 is 0. The Hall–Kier alpha value is -9.18. The van der Waals surface area contributed by atoms with Crippen molar-refractivity contribution >= 4 is 93.1 Å². The zero-order valence-corrected chi connectivity index (χ0v) is 37.6. The van der Waals surface area contributed by atoms with Crippen molar-refractivity contribution in [1.82, 2.24) is 4.57 Å². The Bertz CT molecular complexity index is 4280. The lowest BCUT2D eigenvalue weighted by molar-refractivity contribution is 0.674. The molecule has 322 valence electrons. The second-order valence-corrected chi connectivity index (χ2v) is 18.0. The van der Waals surface area contributed by atoms with Gasteiger partial charge in [-0.25, -0.2) is 0 Å². The molecule has 0 N–H and O–H groups in total. The molecule has 0 bridgehead atoms. The molecule has 0 spiro atoms. The summed E-state index contributed by atoms with van der Waals surface area (Å²) in [6.45, 7) is 0. The molecule has 0 aliphatic rings. The van der Waals surface area contributed by atoms with E-state index in [4.69, 9.17) is 4.42 Å². The Morgan fingerprint density at radius 3 is 1.64 bits per heavy atom. The van der Waals surface area contributed by atoms with Gasteiger partial charge in [-0.1, -0.05) is 170 Å². The van der Waals surface area contributed by atoms with Crippen molar-refractivity contribution in [2.45, 2.75) is 0 Å². The molecule has 0 saturated heterocycles. The Balaban J connectivity index is 0.893. The Morgan fingerprint density at radius 1 is 0.275 bits per heavy atom. The highest BCUT2D eigenvalue weighted by Crippen LogP contribution is 2.44. The minimum Gasteiger partial charge on any atom is -0.455 e. The molecule has 0 atom stereocenters. The molecule has 0 unspecified atom stereocenters. The predicted octanol–water partition coefficient (Wildman–Crippen LogP) is 18.6. The third-order valence-corrected chi connectivity index (χ3v) is 14.2. The highest BCUT2D eigenvalue weighted by Gasteiger charge is 2.19. The van der Waals surface area contributed by atoms with Crippen molar-refractivity contribution in [2.24, 2.45) is 0 Å². The van der Waals surface area contributed by atoms with Gasteiger partial charge in [-0.15, -0.1) is 0 Å². The van der Waals surface area contributed by atoms with Crippen LogP contribution >= 0.6 is 0 Å². The maximum atomic E-state index is 6.85. The highest BCUT2D eigenvalue weighted by molar-refractivity contribution is 6.18. The van der Waals surface area contributed by atoms with E-state index in [1.165, 1.54) is 60.0 Å². The monoisotopic (exact) mass is 878 g/mol. The first-order chi connectivity index (χ1) is 34.2. The normalized spacial score (nSPS) is 11.8. The number of nitrogens with zero attached hydrogens (tertiary/aromatic N) is 2. The minimum absolute atomic E-state index is 0.907. The second kappa shape index (κ2) is 15.7. The Kier molecular flexibility index (Phi) is 8.90. The van der Waals surface area contributed by atoms with Crippen LogP contribution in [0.4, 0.5) is 17.1 Å². The van der Waals surface area contributed by atoms with Crippen LogP contribution in [0.2, 0.25) is 0 Å². The molecule has 3 nitrogen and oxygen atoms in total. The molecule has 0 saturated carbocycles. The van der Waals surface area contributed by atoms with Crippen LogP contribution < -0.4 is 4.90 Å². The summed E-state index contributed by atoms with van der Waals surface area (Å²) in [5, 5.41) is 12.0. The van der Waals surface area contributed by atoms with Gasteiger partial charge in [0.1, 0.15) is 11.2 Å². The fraction of sp³-hybridized carbons (Fsp3) is 0. The lowest BCUT2D eigenvalue weighted by Crippen LogP contribution is -2.09. The molecule has 2 aromatic heterocycles. The Labute approximate surface area is 399 Å². The summed E-state index contributed by atoms with van der Waals surface area (Å²) in [5.41, 5.74) is 15.6. The summed E-state index contributed by atoms with van der Waals surface area (Å²) in [4.78, 5) is 2.37. The highest BCUT2D eigenvalue weighted by atomic mass is 16.3. The third kappa shape index (κ3) is 6.36. The van der Waals surface area contributed by atoms with Crippen LogP contribution in [0.25, 0.3) is 115 Å². The number of hydrogen-bond donors (Lipinski definition) is 0. The van der Waals surface area contributed by atoms with Gasteiger partial charge in [0.05, 0.1) is 11.0 Å². The van der Waals surface area contributed by atoms with Crippen molar-refractivity contribution < 1.29 is 4.42 Å². The fourth-order valence-electron chi connectivity index (χ4n) is 10.9. The number of anilines is 3. The van der Waals surface area contributed by atoms with Crippen molar-refractivity contribution in [1.29, 1.82) is 0 Å². The van der Waals surface area contributed by atoms with E-state index in [1.807, 2.05) is 0 Å². The third-order valence-electron chi connectivity index (χ3n) is 14.2. The number of furan rings is 1. The van der Waals surface area contributed by atoms with Crippen LogP contribution in [0.3, 0.4) is 0 Å². The van der Waals surface area contributed by atoms with Crippen LogP contribution in [-0.4, -0.2) is 4.57 Å². The summed E-state index contributed by atoms with van der Waals surface area (Å²) in [5.74, 6) is 0. The van der Waals surface area contributed by atoms with Crippen LogP contribution in [0.15, 0.2) is 259 Å². The molecule has 12 aromatic carbocycles. The fourth-order valence-corrected chi connectivity index (χ4v) is 10.9. The molecule has 3 heteroatoms. The topological polar surface area (TPSA) is 21.3 Å². The SMILES string of the molecule is c1ccc(-c2cccc3c2oc2c4ccc(N(c5ccc(-c6ccc7c(c6)c6ccccc6n7-c6ccccc6)cc5)c5ccc(-c6cc7ccccc7c7ccccc67)cc5)cc4ccc32)cc1. The summed E-state index contributed by atoms with van der Waals surface area (Å²) in [6, 6.07) is 92.4. The van der Waals surface area contributed by atoms with E-state index < -0.39 is 0 Å². The lowest BCUT2D eigenvalue weighted by atomic mass is 9.93. The second-order valence-electron chi connectivity index (χ2n) is 18.0. The van der Waals surface area contributed by atoms with Gasteiger partial charge in [0, 0.05) is 55.2 Å². The first-order valence-corrected chi connectivity index (χ1v) is 23.7. The molecule has 69 heavy (non-hydrogen) atoms. The number of rotatable bonds is 7. The number of benzene rings is 12. The number of fused-ring (bicyclic) bond motifs is 11. The molecule has 14 rings (SSSR count). The summed E-state index contributed by atoms with van der Waals surface area (Å²) in [7, 11) is 0. The van der Waals surface area contributed by atoms with Crippen LogP contribution in [0.5, 0.6) is 0 Å². The van der Waals surface area contributed by atoms with E-state index in [0.29, 0.717) is 0 Å². The van der Waals surface area contributed by atoms with Crippen molar-refractivity contribution in [3.05, 3.63) is 255 Å². The van der Waals surface area contributed by atoms with E-state index in [0.717, 1.165) is 72.2 Å². The van der Waals surface area contributed by atoms with E-state index in [9.17, 15) is 0 Å². The predicted molar refractivity (Wildman–Crippen MR) is 292 cm³/mol. The van der Waals surface area contributed by atoms with Gasteiger partial charge >= 0.3 is 0 Å². The summed E-state index contributed by atoms with van der Waals surface area (Å²) in [6.07, 6.45) is 0. The van der Waals surface area contributed by atoms with E-state index >= 15 is 0 Å². The zero-order valence-electron chi connectivity index (χ0n) is 37.6. The smallest absolute Gasteiger partial charge is 0.143 e. The lowest BCUT2D eigenvalue weighted by Gasteiger charge is -2.26. The first-order valence-electron chi connectivity index (χ1n) is 23.7. The molecule has 0 fully saturated rings. The average molecular weight is 879 g/mol. The maximum absolute atomic E-state index is 6.85. The standard InChI is InChI=1S/C66H42N2O/c1-3-14-44(15-4-1)54-23-13-24-59-60-37-30-48-40-52(36-38-55(48)66(60)69-65(54)59)67(51-34-28-45(29-35-51)61-42-47-16-7-8-19-53(47)56-20-9-10-21-57(56)61)50-32-26-43(27-33-50)46-31-39-64-62(41-46)58-22-11-12-25-63(58)68(64)49-17-5-2-6-18-49/h1-42H. The van der Waals surface area contributed by atoms with E-state index in [2.05, 4.69) is 264 Å². The van der Waals surface area contributed by atoms with E-state index in [-0.39, 0.29) is 0 Å². The van der Waals surface area contributed by atoms with Gasteiger partial charge in [-0.05, 0) is 140 Å². The zero-order chi connectivity index (χ0) is 45.4. The number of aromatic nitrogens is 1. The average Bonchev–Trinajstić information content (AvgIpc) is 3.98. The van der Waals surface area contributed by atoms with Crippen molar-refractivity contribution in [3.8, 4) is 39.1 Å². The van der Waals surface area contributed by atoms with E-state index in [1.54, 1.807) is 0 Å². The number of para-hydroxylation sites is 3. The van der Waals surface area contributed by atoms with Gasteiger partial charge in [0.25, 0.3) is 0 Å².